The van der Waals surface area contributed by atoms with E-state index in [4.69, 9.17) is 0 Å². The second kappa shape index (κ2) is 5.82. The number of hydrogen-bond donors (Lipinski definition) is 2. The van der Waals surface area contributed by atoms with E-state index in [0.29, 0.717) is 17.9 Å². The van der Waals surface area contributed by atoms with Crippen molar-refractivity contribution in [2.24, 2.45) is 23.2 Å². The summed E-state index contributed by atoms with van der Waals surface area (Å²) in [6, 6.07) is 0.383. The molecule has 2 fully saturated rings. The lowest BCUT2D eigenvalue weighted by atomic mass is 9.73. The van der Waals surface area contributed by atoms with Crippen LogP contribution in [0.2, 0.25) is 0 Å². The van der Waals surface area contributed by atoms with E-state index in [2.05, 4.69) is 38.3 Å². The summed E-state index contributed by atoms with van der Waals surface area (Å²) in [4.78, 5) is 12.6. The van der Waals surface area contributed by atoms with Gasteiger partial charge in [-0.2, -0.15) is 0 Å². The lowest BCUT2D eigenvalue weighted by Gasteiger charge is -2.39. The van der Waals surface area contributed by atoms with E-state index in [0.717, 1.165) is 31.8 Å². The second-order valence-corrected chi connectivity index (χ2v) is 7.39. The van der Waals surface area contributed by atoms with Crippen molar-refractivity contribution < 1.29 is 4.79 Å². The Morgan fingerprint density at radius 1 is 1.37 bits per heavy atom. The Morgan fingerprint density at radius 3 is 2.68 bits per heavy atom. The fraction of sp³-hybridized carbons (Fsp3) is 0.938. The molecule has 2 aliphatic rings. The van der Waals surface area contributed by atoms with Gasteiger partial charge in [-0.05, 0) is 50.5 Å². The van der Waals surface area contributed by atoms with Crippen LogP contribution < -0.4 is 10.6 Å². The highest BCUT2D eigenvalue weighted by Gasteiger charge is 2.39. The summed E-state index contributed by atoms with van der Waals surface area (Å²) in [5, 5.41) is 6.70. The van der Waals surface area contributed by atoms with Crippen LogP contribution in [-0.4, -0.2) is 25.0 Å². The molecule has 0 aromatic carbocycles. The molecule has 4 atom stereocenters. The molecule has 0 spiro atoms. The van der Waals surface area contributed by atoms with E-state index in [1.807, 2.05) is 0 Å². The van der Waals surface area contributed by atoms with E-state index in [1.165, 1.54) is 12.8 Å². The van der Waals surface area contributed by atoms with Crippen LogP contribution in [0.5, 0.6) is 0 Å². The van der Waals surface area contributed by atoms with Crippen LogP contribution in [0.15, 0.2) is 0 Å². The molecule has 1 saturated carbocycles. The molecule has 19 heavy (non-hydrogen) atoms. The monoisotopic (exact) mass is 266 g/mol. The Kier molecular flexibility index (Phi) is 4.54. The molecule has 2 rings (SSSR count). The minimum Gasteiger partial charge on any atom is -0.353 e. The van der Waals surface area contributed by atoms with Crippen molar-refractivity contribution in [3.05, 3.63) is 0 Å². The SMILES string of the molecule is CC1CCC(C(C)C)C(NC(=O)C2(C)CCNC2)C1. The molecule has 0 aromatic heterocycles. The molecule has 0 bridgehead atoms. The lowest BCUT2D eigenvalue weighted by Crippen LogP contribution is -2.50. The summed E-state index contributed by atoms with van der Waals surface area (Å²) in [6.07, 6.45) is 4.69. The van der Waals surface area contributed by atoms with Gasteiger partial charge in [0.05, 0.1) is 5.41 Å². The summed E-state index contributed by atoms with van der Waals surface area (Å²) in [7, 11) is 0. The highest BCUT2D eigenvalue weighted by Crippen LogP contribution is 2.34. The molecule has 4 unspecified atom stereocenters. The van der Waals surface area contributed by atoms with Gasteiger partial charge >= 0.3 is 0 Å². The molecule has 110 valence electrons. The Hall–Kier alpha value is -0.570. The predicted octanol–water partition coefficient (Wildman–Crippen LogP) is 2.56. The minimum atomic E-state index is -0.192. The molecule has 3 nitrogen and oxygen atoms in total. The first kappa shape index (κ1) is 14.8. The zero-order valence-corrected chi connectivity index (χ0v) is 13.0. The van der Waals surface area contributed by atoms with Crippen LogP contribution in [0.3, 0.4) is 0 Å². The van der Waals surface area contributed by atoms with Crippen molar-refractivity contribution in [2.45, 2.75) is 59.4 Å². The molecule has 0 aromatic rings. The van der Waals surface area contributed by atoms with Crippen LogP contribution >= 0.6 is 0 Å². The molecular formula is C16H30N2O. The highest BCUT2D eigenvalue weighted by atomic mass is 16.2. The zero-order chi connectivity index (χ0) is 14.0. The largest absolute Gasteiger partial charge is 0.353 e. The second-order valence-electron chi connectivity index (χ2n) is 7.39. The summed E-state index contributed by atoms with van der Waals surface area (Å²) >= 11 is 0. The van der Waals surface area contributed by atoms with Crippen LogP contribution in [0, 0.1) is 23.2 Å². The van der Waals surface area contributed by atoms with E-state index in [1.54, 1.807) is 0 Å². The third kappa shape index (κ3) is 3.31. The summed E-state index contributed by atoms with van der Waals surface area (Å²) < 4.78 is 0. The van der Waals surface area contributed by atoms with Gasteiger partial charge in [-0.15, -0.1) is 0 Å². The summed E-state index contributed by atoms with van der Waals surface area (Å²) in [5.74, 6) is 2.32. The normalized spacial score (nSPS) is 39.5. The minimum absolute atomic E-state index is 0.192. The first-order valence-corrected chi connectivity index (χ1v) is 7.94. The van der Waals surface area contributed by atoms with Crippen molar-refractivity contribution in [2.75, 3.05) is 13.1 Å². The number of amides is 1. The number of carbonyl (C=O) groups excluding carboxylic acids is 1. The Morgan fingerprint density at radius 2 is 2.11 bits per heavy atom. The standard InChI is InChI=1S/C16H30N2O/c1-11(2)13-6-5-12(3)9-14(13)18-15(19)16(4)7-8-17-10-16/h11-14,17H,5-10H2,1-4H3,(H,18,19). The lowest BCUT2D eigenvalue weighted by molar-refractivity contribution is -0.130. The number of hydrogen-bond acceptors (Lipinski definition) is 2. The van der Waals surface area contributed by atoms with Gasteiger partial charge in [0.15, 0.2) is 0 Å². The maximum atomic E-state index is 12.6. The summed E-state index contributed by atoms with van der Waals surface area (Å²) in [6.45, 7) is 10.8. The van der Waals surface area contributed by atoms with Gasteiger partial charge in [-0.3, -0.25) is 4.79 Å². The quantitative estimate of drug-likeness (QED) is 0.824. The van der Waals surface area contributed by atoms with Gasteiger partial charge < -0.3 is 10.6 Å². The van der Waals surface area contributed by atoms with Crippen molar-refractivity contribution in [1.29, 1.82) is 0 Å². The summed E-state index contributed by atoms with van der Waals surface area (Å²) in [5.41, 5.74) is -0.192. The maximum Gasteiger partial charge on any atom is 0.227 e. The molecule has 1 amide bonds. The van der Waals surface area contributed by atoms with E-state index < -0.39 is 0 Å². The third-order valence-electron chi connectivity index (χ3n) is 5.26. The van der Waals surface area contributed by atoms with E-state index in [-0.39, 0.29) is 11.3 Å². The smallest absolute Gasteiger partial charge is 0.227 e. The number of carbonyl (C=O) groups is 1. The van der Waals surface area contributed by atoms with Gasteiger partial charge in [-0.25, -0.2) is 0 Å². The Labute approximate surface area is 117 Å². The molecule has 1 aliphatic heterocycles. The van der Waals surface area contributed by atoms with Crippen molar-refractivity contribution >= 4 is 5.91 Å². The molecular weight excluding hydrogens is 236 g/mol. The molecule has 2 N–H and O–H groups in total. The van der Waals surface area contributed by atoms with E-state index in [9.17, 15) is 4.79 Å². The van der Waals surface area contributed by atoms with Crippen molar-refractivity contribution in [1.82, 2.24) is 10.6 Å². The molecule has 1 heterocycles. The predicted molar refractivity (Wildman–Crippen MR) is 78.9 cm³/mol. The van der Waals surface area contributed by atoms with Crippen molar-refractivity contribution in [3.63, 3.8) is 0 Å². The Bertz CT molecular complexity index is 321. The average molecular weight is 266 g/mol. The zero-order valence-electron chi connectivity index (χ0n) is 13.0. The maximum absolute atomic E-state index is 12.6. The first-order valence-electron chi connectivity index (χ1n) is 7.94. The number of rotatable bonds is 3. The van der Waals surface area contributed by atoms with Crippen LogP contribution in [0.1, 0.15) is 53.4 Å². The topological polar surface area (TPSA) is 41.1 Å². The van der Waals surface area contributed by atoms with Crippen molar-refractivity contribution in [3.8, 4) is 0 Å². The van der Waals surface area contributed by atoms with E-state index >= 15 is 0 Å². The number of nitrogens with one attached hydrogen (secondary N) is 2. The van der Waals surface area contributed by atoms with Gasteiger partial charge in [0.1, 0.15) is 0 Å². The van der Waals surface area contributed by atoms with Gasteiger partial charge in [-0.1, -0.05) is 27.2 Å². The van der Waals surface area contributed by atoms with Crippen LogP contribution in [-0.2, 0) is 4.79 Å². The van der Waals surface area contributed by atoms with Crippen LogP contribution in [0.25, 0.3) is 0 Å². The first-order chi connectivity index (χ1) is 8.92. The van der Waals surface area contributed by atoms with Gasteiger partial charge in [0, 0.05) is 12.6 Å². The van der Waals surface area contributed by atoms with Gasteiger partial charge in [0.2, 0.25) is 5.91 Å². The van der Waals surface area contributed by atoms with Gasteiger partial charge in [0.25, 0.3) is 0 Å². The highest BCUT2D eigenvalue weighted by molar-refractivity contribution is 5.83. The third-order valence-corrected chi connectivity index (χ3v) is 5.26. The fourth-order valence-corrected chi connectivity index (χ4v) is 3.72. The fourth-order valence-electron chi connectivity index (χ4n) is 3.72. The molecule has 1 aliphatic carbocycles. The molecule has 0 radical (unpaired) electrons. The molecule has 3 heteroatoms. The Balaban J connectivity index is 2.00. The molecule has 1 saturated heterocycles. The van der Waals surface area contributed by atoms with Crippen LogP contribution in [0.4, 0.5) is 0 Å². The average Bonchev–Trinajstić information content (AvgIpc) is 2.77.